The van der Waals surface area contributed by atoms with E-state index in [9.17, 15) is 17.6 Å². The Kier molecular flexibility index (Phi) is 6.69. The normalized spacial score (nSPS) is 18.0. The van der Waals surface area contributed by atoms with E-state index in [-0.39, 0.29) is 23.3 Å². The molecule has 158 valence electrons. The molecule has 1 aliphatic rings. The van der Waals surface area contributed by atoms with Gasteiger partial charge in [-0.3, -0.25) is 9.48 Å². The maximum absolute atomic E-state index is 13.1. The molecule has 7 nitrogen and oxygen atoms in total. The molecule has 0 bridgehead atoms. The highest BCUT2D eigenvalue weighted by molar-refractivity contribution is 7.89. The SMILES string of the molecule is Cc1cc(C)n(CCCNC(=O)[C@@H]2CCCN(S(=O)(=O)c3ccc(F)cc3)C2)n1. The minimum absolute atomic E-state index is 0.0462. The summed E-state index contributed by atoms with van der Waals surface area (Å²) in [7, 11) is -3.73. The van der Waals surface area contributed by atoms with Crippen molar-refractivity contribution in [3.05, 3.63) is 47.5 Å². The second kappa shape index (κ2) is 9.04. The summed E-state index contributed by atoms with van der Waals surface area (Å²) in [5.74, 6) is -0.995. The number of aromatic nitrogens is 2. The van der Waals surface area contributed by atoms with Crippen molar-refractivity contribution in [2.24, 2.45) is 5.92 Å². The predicted molar refractivity (Wildman–Crippen MR) is 107 cm³/mol. The fraction of sp³-hybridized carbons (Fsp3) is 0.500. The lowest BCUT2D eigenvalue weighted by Crippen LogP contribution is -2.45. The van der Waals surface area contributed by atoms with Crippen LogP contribution >= 0.6 is 0 Å². The van der Waals surface area contributed by atoms with Gasteiger partial charge in [0, 0.05) is 31.9 Å². The van der Waals surface area contributed by atoms with E-state index >= 15 is 0 Å². The number of hydrogen-bond acceptors (Lipinski definition) is 4. The number of rotatable bonds is 7. The van der Waals surface area contributed by atoms with Crippen LogP contribution in [-0.4, -0.2) is 48.0 Å². The topological polar surface area (TPSA) is 84.3 Å². The average molecular weight is 423 g/mol. The highest BCUT2D eigenvalue weighted by atomic mass is 32.2. The van der Waals surface area contributed by atoms with Gasteiger partial charge in [-0.2, -0.15) is 9.40 Å². The van der Waals surface area contributed by atoms with Gasteiger partial charge in [0.15, 0.2) is 0 Å². The van der Waals surface area contributed by atoms with Gasteiger partial charge in [0.25, 0.3) is 0 Å². The molecule has 9 heteroatoms. The Balaban J connectivity index is 1.52. The van der Waals surface area contributed by atoms with E-state index in [2.05, 4.69) is 10.4 Å². The van der Waals surface area contributed by atoms with Crippen LogP contribution in [-0.2, 0) is 21.4 Å². The zero-order valence-corrected chi connectivity index (χ0v) is 17.6. The van der Waals surface area contributed by atoms with Gasteiger partial charge in [-0.25, -0.2) is 12.8 Å². The second-order valence-electron chi connectivity index (χ2n) is 7.45. The molecule has 0 unspecified atom stereocenters. The summed E-state index contributed by atoms with van der Waals surface area (Å²) in [5, 5.41) is 7.31. The molecule has 29 heavy (non-hydrogen) atoms. The number of hydrogen-bond donors (Lipinski definition) is 1. The maximum Gasteiger partial charge on any atom is 0.243 e. The Labute approximate surface area is 171 Å². The molecule has 1 aromatic carbocycles. The number of sulfonamides is 1. The zero-order chi connectivity index (χ0) is 21.0. The number of carbonyl (C=O) groups excluding carboxylic acids is 1. The van der Waals surface area contributed by atoms with Crippen LogP contribution in [0.2, 0.25) is 0 Å². The van der Waals surface area contributed by atoms with Crippen LogP contribution in [0.4, 0.5) is 4.39 Å². The lowest BCUT2D eigenvalue weighted by molar-refractivity contribution is -0.126. The van der Waals surface area contributed by atoms with Gasteiger partial charge in [0.05, 0.1) is 16.5 Å². The molecule has 1 atom stereocenters. The number of halogens is 1. The monoisotopic (exact) mass is 422 g/mol. The predicted octanol–water partition coefficient (Wildman–Crippen LogP) is 2.25. The standard InChI is InChI=1S/C20H27FN4O3S/c1-15-13-16(2)25(23-15)12-4-10-22-20(26)17-5-3-11-24(14-17)29(27,28)19-8-6-18(21)7-9-19/h6-9,13,17H,3-5,10-12,14H2,1-2H3,(H,22,26)/t17-/m1/s1. The van der Waals surface area contributed by atoms with Crippen molar-refractivity contribution in [3.8, 4) is 0 Å². The van der Waals surface area contributed by atoms with Crippen LogP contribution in [0.15, 0.2) is 35.2 Å². The first-order valence-corrected chi connectivity index (χ1v) is 11.3. The van der Waals surface area contributed by atoms with Gasteiger partial charge >= 0.3 is 0 Å². The highest BCUT2D eigenvalue weighted by Gasteiger charge is 2.33. The van der Waals surface area contributed by atoms with E-state index in [0.29, 0.717) is 25.9 Å². The van der Waals surface area contributed by atoms with Crippen LogP contribution in [0.3, 0.4) is 0 Å². The number of amides is 1. The number of carbonyl (C=O) groups is 1. The molecular formula is C20H27FN4O3S. The molecule has 1 N–H and O–H groups in total. The summed E-state index contributed by atoms with van der Waals surface area (Å²) in [6.07, 6.45) is 2.01. The number of piperidine rings is 1. The number of nitrogens with zero attached hydrogens (tertiary/aromatic N) is 3. The molecular weight excluding hydrogens is 395 g/mol. The van der Waals surface area contributed by atoms with E-state index in [4.69, 9.17) is 0 Å². The highest BCUT2D eigenvalue weighted by Crippen LogP contribution is 2.24. The van der Waals surface area contributed by atoms with E-state index in [1.165, 1.54) is 16.4 Å². The van der Waals surface area contributed by atoms with E-state index in [0.717, 1.165) is 36.5 Å². The molecule has 1 aliphatic heterocycles. The molecule has 1 amide bonds. The van der Waals surface area contributed by atoms with Crippen molar-refractivity contribution < 1.29 is 17.6 Å². The fourth-order valence-electron chi connectivity index (χ4n) is 3.62. The summed E-state index contributed by atoms with van der Waals surface area (Å²) in [6.45, 7) is 5.68. The average Bonchev–Trinajstić information content (AvgIpc) is 3.02. The van der Waals surface area contributed by atoms with Crippen LogP contribution in [0, 0.1) is 25.6 Å². The van der Waals surface area contributed by atoms with E-state index in [1.807, 2.05) is 24.6 Å². The van der Waals surface area contributed by atoms with Gasteiger partial charge < -0.3 is 5.32 Å². The quantitative estimate of drug-likeness (QED) is 0.694. The third kappa shape index (κ3) is 5.22. The minimum atomic E-state index is -3.73. The molecule has 0 saturated carbocycles. The summed E-state index contributed by atoms with van der Waals surface area (Å²) < 4.78 is 41.9. The molecule has 0 spiro atoms. The van der Waals surface area contributed by atoms with Crippen molar-refractivity contribution >= 4 is 15.9 Å². The van der Waals surface area contributed by atoms with Crippen LogP contribution < -0.4 is 5.32 Å². The molecule has 2 aromatic rings. The van der Waals surface area contributed by atoms with Gasteiger partial charge in [-0.15, -0.1) is 0 Å². The van der Waals surface area contributed by atoms with Crippen LogP contribution in [0.25, 0.3) is 0 Å². The summed E-state index contributed by atoms with van der Waals surface area (Å²) in [4.78, 5) is 12.6. The van der Waals surface area contributed by atoms with Crippen molar-refractivity contribution in [2.75, 3.05) is 19.6 Å². The second-order valence-corrected chi connectivity index (χ2v) is 9.39. The summed E-state index contributed by atoms with van der Waals surface area (Å²) in [6, 6.07) is 6.78. The van der Waals surface area contributed by atoms with Gasteiger partial charge in [-0.1, -0.05) is 0 Å². The largest absolute Gasteiger partial charge is 0.356 e. The third-order valence-corrected chi connectivity index (χ3v) is 7.03. The Hall–Kier alpha value is -2.26. The van der Waals surface area contributed by atoms with Crippen LogP contribution in [0.1, 0.15) is 30.7 Å². The Morgan fingerprint density at radius 2 is 2.00 bits per heavy atom. The van der Waals surface area contributed by atoms with Gasteiger partial charge in [0.1, 0.15) is 5.82 Å². The van der Waals surface area contributed by atoms with Gasteiger partial charge in [0.2, 0.25) is 15.9 Å². The first-order valence-electron chi connectivity index (χ1n) is 9.82. The summed E-state index contributed by atoms with van der Waals surface area (Å²) >= 11 is 0. The minimum Gasteiger partial charge on any atom is -0.356 e. The van der Waals surface area contributed by atoms with E-state index < -0.39 is 15.8 Å². The first kappa shape index (κ1) is 21.4. The van der Waals surface area contributed by atoms with Crippen molar-refractivity contribution in [3.63, 3.8) is 0 Å². The zero-order valence-electron chi connectivity index (χ0n) is 16.8. The lowest BCUT2D eigenvalue weighted by Gasteiger charge is -2.31. The molecule has 1 aromatic heterocycles. The molecule has 2 heterocycles. The third-order valence-electron chi connectivity index (χ3n) is 5.16. The molecule has 1 saturated heterocycles. The lowest BCUT2D eigenvalue weighted by atomic mass is 9.99. The smallest absolute Gasteiger partial charge is 0.243 e. The Morgan fingerprint density at radius 1 is 1.28 bits per heavy atom. The molecule has 1 fully saturated rings. The Morgan fingerprint density at radius 3 is 2.66 bits per heavy atom. The maximum atomic E-state index is 13.1. The van der Waals surface area contributed by atoms with E-state index in [1.54, 1.807) is 0 Å². The fourth-order valence-corrected chi connectivity index (χ4v) is 5.14. The van der Waals surface area contributed by atoms with Crippen molar-refractivity contribution in [1.29, 1.82) is 0 Å². The molecule has 0 radical (unpaired) electrons. The summed E-state index contributed by atoms with van der Waals surface area (Å²) in [5.41, 5.74) is 2.05. The first-order chi connectivity index (χ1) is 13.8. The van der Waals surface area contributed by atoms with Gasteiger partial charge in [-0.05, 0) is 63.4 Å². The molecule has 3 rings (SSSR count). The molecule has 0 aliphatic carbocycles. The van der Waals surface area contributed by atoms with Crippen molar-refractivity contribution in [1.82, 2.24) is 19.4 Å². The Bertz CT molecular complexity index is 957. The number of nitrogens with one attached hydrogen (secondary N) is 1. The number of aryl methyl sites for hydroxylation is 3. The van der Waals surface area contributed by atoms with Crippen molar-refractivity contribution in [2.45, 2.75) is 44.6 Å². The number of benzene rings is 1. The van der Waals surface area contributed by atoms with Crippen LogP contribution in [0.5, 0.6) is 0 Å².